The fourth-order valence-electron chi connectivity index (χ4n) is 5.67. The number of hydrogen-bond acceptors (Lipinski definition) is 5. The molecule has 3 aliphatic heterocycles. The molecule has 180 valence electrons. The summed E-state index contributed by atoms with van der Waals surface area (Å²) in [6, 6.07) is 10.8. The highest BCUT2D eigenvalue weighted by Crippen LogP contribution is 2.36. The first-order valence-electron chi connectivity index (χ1n) is 12.8. The molecular weight excluding hydrogens is 426 g/mol. The Morgan fingerprint density at radius 2 is 1.82 bits per heavy atom. The van der Waals surface area contributed by atoms with E-state index in [1.54, 1.807) is 29.3 Å². The number of para-hydroxylation sites is 1. The van der Waals surface area contributed by atoms with Gasteiger partial charge in [-0.3, -0.25) is 19.4 Å². The minimum atomic E-state index is -0.216. The van der Waals surface area contributed by atoms with E-state index in [0.717, 1.165) is 19.5 Å². The predicted molar refractivity (Wildman–Crippen MR) is 134 cm³/mol. The van der Waals surface area contributed by atoms with Gasteiger partial charge in [-0.1, -0.05) is 18.6 Å². The molecule has 0 radical (unpaired) electrons. The normalized spacial score (nSPS) is 21.4. The van der Waals surface area contributed by atoms with Gasteiger partial charge in [0.05, 0.1) is 23.5 Å². The minimum Gasteiger partial charge on any atom is -0.319 e. The highest BCUT2D eigenvalue weighted by molar-refractivity contribution is 6.17. The Labute approximate surface area is 202 Å². The Morgan fingerprint density at radius 3 is 2.71 bits per heavy atom. The van der Waals surface area contributed by atoms with Crippen LogP contribution in [0.5, 0.6) is 0 Å². The van der Waals surface area contributed by atoms with Crippen LogP contribution in [0.3, 0.4) is 0 Å². The monoisotopic (exact) mass is 461 g/mol. The van der Waals surface area contributed by atoms with E-state index in [4.69, 9.17) is 0 Å². The fraction of sp³-hybridized carbons (Fsp3) is 0.519. The number of rotatable bonds is 6. The first-order valence-corrected chi connectivity index (χ1v) is 12.8. The molecule has 1 aromatic carbocycles. The third-order valence-corrected chi connectivity index (χ3v) is 7.38. The second kappa shape index (κ2) is 10.7. The number of carbonyl (C=O) groups excluding carboxylic acids is 2. The lowest BCUT2D eigenvalue weighted by atomic mass is 9.93. The summed E-state index contributed by atoms with van der Waals surface area (Å²) in [4.78, 5) is 37.5. The average Bonchev–Trinajstić information content (AvgIpc) is 2.99. The molecule has 4 heterocycles. The molecule has 2 aromatic rings. The number of nitrogens with zero attached hydrogens (tertiary/aromatic N) is 4. The molecule has 7 heteroatoms. The van der Waals surface area contributed by atoms with Crippen molar-refractivity contribution in [1.82, 2.24) is 14.8 Å². The summed E-state index contributed by atoms with van der Waals surface area (Å²) in [5.74, 6) is 0.877. The smallest absolute Gasteiger partial charge is 0.257 e. The molecule has 2 saturated heterocycles. The number of benzene rings is 1. The van der Waals surface area contributed by atoms with Gasteiger partial charge in [-0.05, 0) is 94.9 Å². The summed E-state index contributed by atoms with van der Waals surface area (Å²) < 4.78 is 0. The molecule has 0 saturated carbocycles. The van der Waals surface area contributed by atoms with Crippen molar-refractivity contribution in [3.8, 4) is 0 Å². The zero-order valence-electron chi connectivity index (χ0n) is 19.9. The molecule has 0 spiro atoms. The summed E-state index contributed by atoms with van der Waals surface area (Å²) in [6.45, 7) is 5.97. The maximum atomic E-state index is 13.7. The lowest BCUT2D eigenvalue weighted by molar-refractivity contribution is -0.119. The molecule has 1 unspecified atom stereocenters. The lowest BCUT2D eigenvalue weighted by Gasteiger charge is -2.34. The number of amides is 2. The zero-order valence-corrected chi connectivity index (χ0v) is 19.9. The van der Waals surface area contributed by atoms with E-state index in [9.17, 15) is 9.59 Å². The SMILES string of the molecule is O=C1Nc2cccnc2N(C(=O)CN2CCCC(CCCN3CCCCC3)C2)c2ccccc21. The van der Waals surface area contributed by atoms with Crippen molar-refractivity contribution in [2.45, 2.75) is 44.9 Å². The van der Waals surface area contributed by atoms with Crippen LogP contribution in [0.25, 0.3) is 0 Å². The van der Waals surface area contributed by atoms with E-state index in [-0.39, 0.29) is 11.8 Å². The molecule has 5 rings (SSSR count). The number of anilines is 3. The van der Waals surface area contributed by atoms with Crippen LogP contribution in [0.1, 0.15) is 55.3 Å². The van der Waals surface area contributed by atoms with Gasteiger partial charge in [-0.2, -0.15) is 0 Å². The first kappa shape index (κ1) is 23.0. The third kappa shape index (κ3) is 5.15. The number of aromatic nitrogens is 1. The van der Waals surface area contributed by atoms with Crippen molar-refractivity contribution in [2.75, 3.05) is 49.5 Å². The molecule has 1 aromatic heterocycles. The molecule has 34 heavy (non-hydrogen) atoms. The van der Waals surface area contributed by atoms with Crippen LogP contribution in [0.4, 0.5) is 17.2 Å². The standard InChI is InChI=1S/C27H35N5O2/c33-25(20-31-18-8-10-21(19-31)9-7-17-30-15-4-1-5-16-30)32-24-13-3-2-11-22(24)27(34)29-23-12-6-14-28-26(23)32/h2-3,6,11-14,21H,1,4-5,7-10,15-20H2,(H,29,34). The summed E-state index contributed by atoms with van der Waals surface area (Å²) in [7, 11) is 0. The average molecular weight is 462 g/mol. The lowest BCUT2D eigenvalue weighted by Crippen LogP contribution is -2.43. The Bertz CT molecular complexity index is 1020. The number of carbonyl (C=O) groups is 2. The van der Waals surface area contributed by atoms with Gasteiger partial charge in [0.2, 0.25) is 5.91 Å². The maximum Gasteiger partial charge on any atom is 0.257 e. The first-order chi connectivity index (χ1) is 16.7. The third-order valence-electron chi connectivity index (χ3n) is 7.38. The summed E-state index contributed by atoms with van der Waals surface area (Å²) >= 11 is 0. The van der Waals surface area contributed by atoms with E-state index < -0.39 is 0 Å². The summed E-state index contributed by atoms with van der Waals surface area (Å²) in [5.41, 5.74) is 1.65. The van der Waals surface area contributed by atoms with Crippen LogP contribution < -0.4 is 10.2 Å². The Morgan fingerprint density at radius 1 is 1.00 bits per heavy atom. The molecule has 2 amide bonds. The molecule has 1 N–H and O–H groups in total. The summed E-state index contributed by atoms with van der Waals surface area (Å²) in [5, 5.41) is 2.91. The van der Waals surface area contributed by atoms with Crippen molar-refractivity contribution in [2.24, 2.45) is 5.92 Å². The summed E-state index contributed by atoms with van der Waals surface area (Å²) in [6.07, 6.45) is 10.6. The molecule has 3 aliphatic rings. The number of pyridine rings is 1. The largest absolute Gasteiger partial charge is 0.319 e. The highest BCUT2D eigenvalue weighted by atomic mass is 16.2. The number of likely N-dealkylation sites (tertiary alicyclic amines) is 2. The zero-order chi connectivity index (χ0) is 23.3. The van der Waals surface area contributed by atoms with Crippen molar-refractivity contribution in [1.29, 1.82) is 0 Å². The van der Waals surface area contributed by atoms with Gasteiger partial charge in [0.1, 0.15) is 0 Å². The Hall–Kier alpha value is -2.77. The van der Waals surface area contributed by atoms with Crippen LogP contribution in [-0.2, 0) is 4.79 Å². The van der Waals surface area contributed by atoms with E-state index >= 15 is 0 Å². The molecule has 2 fully saturated rings. The van der Waals surface area contributed by atoms with Gasteiger partial charge in [-0.15, -0.1) is 0 Å². The number of fused-ring (bicyclic) bond motifs is 2. The van der Waals surface area contributed by atoms with Crippen molar-refractivity contribution in [3.05, 3.63) is 48.2 Å². The molecular formula is C27H35N5O2. The quantitative estimate of drug-likeness (QED) is 0.695. The van der Waals surface area contributed by atoms with Crippen LogP contribution in [-0.4, -0.2) is 65.9 Å². The van der Waals surface area contributed by atoms with Gasteiger partial charge in [0.15, 0.2) is 5.82 Å². The van der Waals surface area contributed by atoms with Gasteiger partial charge >= 0.3 is 0 Å². The van der Waals surface area contributed by atoms with Gasteiger partial charge in [0.25, 0.3) is 5.91 Å². The minimum absolute atomic E-state index is 0.0436. The topological polar surface area (TPSA) is 68.8 Å². The van der Waals surface area contributed by atoms with Gasteiger partial charge < -0.3 is 10.2 Å². The van der Waals surface area contributed by atoms with Crippen LogP contribution >= 0.6 is 0 Å². The van der Waals surface area contributed by atoms with Crippen molar-refractivity contribution >= 4 is 29.0 Å². The highest BCUT2D eigenvalue weighted by Gasteiger charge is 2.32. The number of piperidine rings is 2. The van der Waals surface area contributed by atoms with E-state index in [2.05, 4.69) is 20.1 Å². The van der Waals surface area contributed by atoms with E-state index in [1.165, 1.54) is 58.2 Å². The predicted octanol–water partition coefficient (Wildman–Crippen LogP) is 4.29. The van der Waals surface area contributed by atoms with Gasteiger partial charge in [0, 0.05) is 12.7 Å². The van der Waals surface area contributed by atoms with Crippen LogP contribution in [0.15, 0.2) is 42.6 Å². The Kier molecular flexibility index (Phi) is 7.21. The van der Waals surface area contributed by atoms with Gasteiger partial charge in [-0.25, -0.2) is 4.98 Å². The molecule has 0 aliphatic carbocycles. The molecule has 7 nitrogen and oxygen atoms in total. The molecule has 1 atom stereocenters. The van der Waals surface area contributed by atoms with Crippen molar-refractivity contribution < 1.29 is 9.59 Å². The molecule has 0 bridgehead atoms. The van der Waals surface area contributed by atoms with E-state index in [1.807, 2.05) is 18.2 Å². The van der Waals surface area contributed by atoms with Crippen LogP contribution in [0.2, 0.25) is 0 Å². The number of hydrogen-bond donors (Lipinski definition) is 1. The maximum absolute atomic E-state index is 13.7. The number of nitrogens with one attached hydrogen (secondary N) is 1. The second-order valence-corrected chi connectivity index (χ2v) is 9.86. The fourth-order valence-corrected chi connectivity index (χ4v) is 5.67. The Balaban J connectivity index is 1.25. The second-order valence-electron chi connectivity index (χ2n) is 9.86. The van der Waals surface area contributed by atoms with E-state index in [0.29, 0.717) is 35.2 Å². The van der Waals surface area contributed by atoms with Crippen molar-refractivity contribution in [3.63, 3.8) is 0 Å². The van der Waals surface area contributed by atoms with Crippen LogP contribution in [0, 0.1) is 5.92 Å².